The molecule has 0 saturated carbocycles. The van der Waals surface area contributed by atoms with E-state index in [0.717, 1.165) is 16.7 Å². The molecule has 228 valence electrons. The second kappa shape index (κ2) is 16.4. The van der Waals surface area contributed by atoms with Crippen molar-refractivity contribution in [2.45, 2.75) is 32.2 Å². The minimum Gasteiger partial charge on any atom is -0.493 e. The van der Waals surface area contributed by atoms with Crippen LogP contribution in [0.2, 0.25) is 0 Å². The van der Waals surface area contributed by atoms with Gasteiger partial charge in [0.15, 0.2) is 29.1 Å². The Bertz CT molecular complexity index is 1540. The molecule has 9 heteroatoms. The van der Waals surface area contributed by atoms with Gasteiger partial charge >= 0.3 is 5.97 Å². The third-order valence-corrected chi connectivity index (χ3v) is 6.62. The Balaban J connectivity index is 1.41. The first kappa shape index (κ1) is 31.7. The lowest BCUT2D eigenvalue weighted by Crippen LogP contribution is -2.37. The number of nitrogens with one attached hydrogen (secondary N) is 1. The molecule has 0 radical (unpaired) electrons. The zero-order valence-electron chi connectivity index (χ0n) is 24.6. The molecular formula is C35H35NO8. The van der Waals surface area contributed by atoms with Crippen LogP contribution in [0.25, 0.3) is 0 Å². The average Bonchev–Trinajstić information content (AvgIpc) is 3.07. The summed E-state index contributed by atoms with van der Waals surface area (Å²) in [4.78, 5) is 24.9. The van der Waals surface area contributed by atoms with E-state index >= 15 is 0 Å². The predicted octanol–water partition coefficient (Wildman–Crippen LogP) is 5.62. The molecule has 0 bridgehead atoms. The van der Waals surface area contributed by atoms with Gasteiger partial charge in [-0.25, -0.2) is 10.3 Å². The molecule has 1 atom stereocenters. The maximum absolute atomic E-state index is 12.6. The number of allylic oxidation sites excluding steroid dienone is 1. The van der Waals surface area contributed by atoms with E-state index in [2.05, 4.69) is 0 Å². The van der Waals surface area contributed by atoms with Gasteiger partial charge in [-0.1, -0.05) is 78.9 Å². The van der Waals surface area contributed by atoms with Gasteiger partial charge in [-0.15, -0.1) is 0 Å². The molecule has 4 rings (SSSR count). The van der Waals surface area contributed by atoms with Crippen molar-refractivity contribution < 1.29 is 38.5 Å². The fourth-order valence-corrected chi connectivity index (χ4v) is 4.33. The minimum absolute atomic E-state index is 0.0128. The Morgan fingerprint density at radius 2 is 1.27 bits per heavy atom. The molecule has 0 aliphatic carbocycles. The van der Waals surface area contributed by atoms with Crippen molar-refractivity contribution in [1.82, 2.24) is 5.48 Å². The van der Waals surface area contributed by atoms with Crippen LogP contribution >= 0.6 is 0 Å². The average molecular weight is 598 g/mol. The Hall–Kier alpha value is -5.28. The summed E-state index contributed by atoms with van der Waals surface area (Å²) in [7, 11) is 3.01. The standard InChI is InChI=1S/C35H35NO8/c1-40-29-18-17-28(21-31(29)41-2)22-33(35(38)36-39)44-34(37)15-9-14-25-16-19-30(42-23-26-10-5-3-6-11-26)32(20-25)43-24-27-12-7-4-8-13-27/h3-13,15-21,33,39H,14,22-24H2,1-2H3,(H,36,38)/b15-9+. The number of carbonyl (C=O) groups excluding carboxylic acids is 2. The summed E-state index contributed by atoms with van der Waals surface area (Å²) >= 11 is 0. The molecule has 0 heterocycles. The van der Waals surface area contributed by atoms with Crippen LogP contribution in [0.1, 0.15) is 22.3 Å². The molecule has 1 unspecified atom stereocenters. The Labute approximate surface area is 256 Å². The van der Waals surface area contributed by atoms with Crippen molar-refractivity contribution in [3.8, 4) is 23.0 Å². The highest BCUT2D eigenvalue weighted by molar-refractivity contribution is 5.87. The normalized spacial score (nSPS) is 11.4. The highest BCUT2D eigenvalue weighted by Gasteiger charge is 2.23. The van der Waals surface area contributed by atoms with Gasteiger partial charge in [0.2, 0.25) is 0 Å². The van der Waals surface area contributed by atoms with Crippen LogP contribution in [-0.2, 0) is 40.4 Å². The Morgan fingerprint density at radius 3 is 1.89 bits per heavy atom. The number of esters is 1. The van der Waals surface area contributed by atoms with Crippen molar-refractivity contribution in [3.63, 3.8) is 0 Å². The van der Waals surface area contributed by atoms with E-state index in [4.69, 9.17) is 23.7 Å². The van der Waals surface area contributed by atoms with Gasteiger partial charge < -0.3 is 23.7 Å². The lowest BCUT2D eigenvalue weighted by atomic mass is 10.1. The zero-order valence-corrected chi connectivity index (χ0v) is 24.6. The van der Waals surface area contributed by atoms with E-state index in [-0.39, 0.29) is 6.42 Å². The number of carbonyl (C=O) groups is 2. The fourth-order valence-electron chi connectivity index (χ4n) is 4.33. The first-order valence-electron chi connectivity index (χ1n) is 14.0. The van der Waals surface area contributed by atoms with Crippen LogP contribution in [0.4, 0.5) is 0 Å². The van der Waals surface area contributed by atoms with Crippen LogP contribution in [0.3, 0.4) is 0 Å². The lowest BCUT2D eigenvalue weighted by molar-refractivity contribution is -0.155. The summed E-state index contributed by atoms with van der Waals surface area (Å²) in [5, 5.41) is 9.20. The number of hydrogen-bond donors (Lipinski definition) is 2. The minimum atomic E-state index is -1.27. The molecule has 0 fully saturated rings. The Morgan fingerprint density at radius 1 is 0.705 bits per heavy atom. The molecule has 1 amide bonds. The van der Waals surface area contributed by atoms with E-state index in [9.17, 15) is 14.8 Å². The summed E-state index contributed by atoms with van der Waals surface area (Å²) in [6.45, 7) is 0.752. The Kier molecular flexibility index (Phi) is 11.8. The van der Waals surface area contributed by atoms with Crippen LogP contribution in [0.15, 0.2) is 109 Å². The highest BCUT2D eigenvalue weighted by Crippen LogP contribution is 2.31. The fraction of sp³-hybridized carbons (Fsp3) is 0.200. The third-order valence-electron chi connectivity index (χ3n) is 6.62. The smallest absolute Gasteiger partial charge is 0.331 e. The topological polar surface area (TPSA) is 113 Å². The van der Waals surface area contributed by atoms with Gasteiger partial charge in [0.05, 0.1) is 14.2 Å². The molecule has 0 aliphatic heterocycles. The van der Waals surface area contributed by atoms with Crippen LogP contribution in [0, 0.1) is 0 Å². The number of methoxy groups -OCH3 is 2. The lowest BCUT2D eigenvalue weighted by Gasteiger charge is -2.16. The van der Waals surface area contributed by atoms with Crippen LogP contribution in [0.5, 0.6) is 23.0 Å². The quantitative estimate of drug-likeness (QED) is 0.0786. The molecule has 0 aromatic heterocycles. The van der Waals surface area contributed by atoms with Crippen molar-refractivity contribution in [2.24, 2.45) is 0 Å². The second-order valence-electron chi connectivity index (χ2n) is 9.73. The summed E-state index contributed by atoms with van der Waals surface area (Å²) in [6.07, 6.45) is 2.01. The molecule has 0 aliphatic rings. The van der Waals surface area contributed by atoms with Crippen molar-refractivity contribution in [2.75, 3.05) is 14.2 Å². The van der Waals surface area contributed by atoms with Crippen LogP contribution in [-0.4, -0.2) is 37.4 Å². The summed E-state index contributed by atoms with van der Waals surface area (Å²) in [5.74, 6) is 0.569. The SMILES string of the molecule is COc1ccc(CC(OC(=O)/C=C/Cc2ccc(OCc3ccccc3)c(OCc3ccccc3)c2)C(=O)NO)cc1OC. The molecule has 0 spiro atoms. The number of benzene rings is 4. The zero-order chi connectivity index (χ0) is 31.1. The van der Waals surface area contributed by atoms with Gasteiger partial charge in [0.25, 0.3) is 5.91 Å². The third kappa shape index (κ3) is 9.37. The molecule has 0 saturated heterocycles. The first-order valence-corrected chi connectivity index (χ1v) is 14.0. The van der Waals surface area contributed by atoms with E-state index in [0.29, 0.717) is 48.2 Å². The molecule has 44 heavy (non-hydrogen) atoms. The number of ether oxygens (including phenoxy) is 5. The molecule has 4 aromatic rings. The van der Waals surface area contributed by atoms with Gasteiger partial charge in [0, 0.05) is 12.5 Å². The van der Waals surface area contributed by atoms with Gasteiger partial charge in [-0.2, -0.15) is 0 Å². The van der Waals surface area contributed by atoms with Crippen molar-refractivity contribution in [3.05, 3.63) is 131 Å². The summed E-state index contributed by atoms with van der Waals surface area (Å²) in [6, 6.07) is 30.4. The monoisotopic (exact) mass is 597 g/mol. The number of hydroxylamine groups is 1. The van der Waals surface area contributed by atoms with E-state index in [1.807, 2.05) is 78.9 Å². The molecule has 9 nitrogen and oxygen atoms in total. The molecule has 2 N–H and O–H groups in total. The predicted molar refractivity (Wildman–Crippen MR) is 164 cm³/mol. The second-order valence-corrected chi connectivity index (χ2v) is 9.73. The summed E-state index contributed by atoms with van der Waals surface area (Å²) < 4.78 is 28.1. The van der Waals surface area contributed by atoms with Crippen molar-refractivity contribution >= 4 is 11.9 Å². The largest absolute Gasteiger partial charge is 0.493 e. The van der Waals surface area contributed by atoms with Crippen LogP contribution < -0.4 is 24.4 Å². The molecule has 4 aromatic carbocycles. The van der Waals surface area contributed by atoms with Gasteiger partial charge in [0.1, 0.15) is 13.2 Å². The van der Waals surface area contributed by atoms with Crippen molar-refractivity contribution in [1.29, 1.82) is 0 Å². The maximum Gasteiger partial charge on any atom is 0.331 e. The first-order chi connectivity index (χ1) is 21.5. The van der Waals surface area contributed by atoms with Gasteiger partial charge in [-0.3, -0.25) is 10.0 Å². The number of rotatable bonds is 15. The molecular weight excluding hydrogens is 562 g/mol. The van der Waals surface area contributed by atoms with E-state index < -0.39 is 18.0 Å². The van der Waals surface area contributed by atoms with E-state index in [1.165, 1.54) is 20.3 Å². The summed E-state index contributed by atoms with van der Waals surface area (Å²) in [5.41, 5.74) is 5.13. The maximum atomic E-state index is 12.6. The number of amides is 1. The highest BCUT2D eigenvalue weighted by atomic mass is 16.6. The van der Waals surface area contributed by atoms with Gasteiger partial charge in [-0.05, 0) is 52.9 Å². The number of hydrogen-bond acceptors (Lipinski definition) is 8. The van der Waals surface area contributed by atoms with E-state index in [1.54, 1.807) is 29.8 Å².